The number of rotatable bonds is 3. The Labute approximate surface area is 133 Å². The van der Waals surface area contributed by atoms with Crippen LogP contribution in [-0.2, 0) is 0 Å². The van der Waals surface area contributed by atoms with Gasteiger partial charge in [0.05, 0.1) is 0 Å². The lowest BCUT2D eigenvalue weighted by Crippen LogP contribution is -1.77. The predicted molar refractivity (Wildman–Crippen MR) is 96.2 cm³/mol. The summed E-state index contributed by atoms with van der Waals surface area (Å²) in [6.07, 6.45) is 6.13. The summed E-state index contributed by atoms with van der Waals surface area (Å²) in [4.78, 5) is 3.45. The number of fused-ring (bicyclic) bond motifs is 1. The maximum Gasteiger partial charge on any atom is 0.0476 e. The molecule has 21 heavy (non-hydrogen) atoms. The second-order valence-corrected chi connectivity index (χ2v) is 6.01. The molecule has 1 nitrogen and oxygen atoms in total. The lowest BCUT2D eigenvalue weighted by molar-refractivity contribution is 1.42. The van der Waals surface area contributed by atoms with E-state index < -0.39 is 0 Å². The number of H-pyrrole nitrogens is 1. The topological polar surface area (TPSA) is 15.8 Å². The fraction of sp³-hybridized carbons (Fsp3) is 0.0526. The molecule has 1 heterocycles. The first-order valence-electron chi connectivity index (χ1n) is 6.86. The summed E-state index contributed by atoms with van der Waals surface area (Å²) in [5.74, 6) is 0. The molecule has 0 amide bonds. The van der Waals surface area contributed by atoms with E-state index in [2.05, 4.69) is 89.0 Å². The summed E-state index contributed by atoms with van der Waals surface area (Å²) in [6, 6.07) is 14.7. The van der Waals surface area contributed by atoms with E-state index in [0.29, 0.717) is 0 Å². The van der Waals surface area contributed by atoms with Crippen LogP contribution in [0.15, 0.2) is 53.5 Å². The zero-order valence-electron chi connectivity index (χ0n) is 11.9. The van der Waals surface area contributed by atoms with E-state index in [0.717, 1.165) is 21.2 Å². The third-order valence-corrected chi connectivity index (χ3v) is 4.05. The molecule has 0 unspecified atom stereocenters. The van der Waals surface area contributed by atoms with Crippen molar-refractivity contribution in [1.29, 1.82) is 0 Å². The van der Waals surface area contributed by atoms with Crippen molar-refractivity contribution in [2.45, 2.75) is 6.92 Å². The van der Waals surface area contributed by atoms with E-state index in [1.165, 1.54) is 16.5 Å². The van der Waals surface area contributed by atoms with Crippen molar-refractivity contribution in [1.82, 2.24) is 4.98 Å². The zero-order valence-corrected chi connectivity index (χ0v) is 13.4. The summed E-state index contributed by atoms with van der Waals surface area (Å²) < 4.78 is 1.07. The number of hydrogen-bond donors (Lipinski definition) is 1. The summed E-state index contributed by atoms with van der Waals surface area (Å²) in [5, 5.41) is 1.19. The minimum absolute atomic E-state index is 1.07. The molecule has 0 bridgehead atoms. The van der Waals surface area contributed by atoms with Crippen LogP contribution < -0.4 is 0 Å². The van der Waals surface area contributed by atoms with Gasteiger partial charge in [-0.1, -0.05) is 70.6 Å². The highest BCUT2D eigenvalue weighted by atomic mass is 79.9. The molecule has 3 rings (SSSR count). The van der Waals surface area contributed by atoms with Crippen LogP contribution in [-0.4, -0.2) is 4.98 Å². The van der Waals surface area contributed by atoms with E-state index >= 15 is 0 Å². The molecule has 0 atom stereocenters. The SMILES string of the molecule is C=Cc1c(/C=C/c2ccc(C)cc2)[nH]c2cc(Br)ccc12. The lowest BCUT2D eigenvalue weighted by Gasteiger charge is -1.96. The zero-order chi connectivity index (χ0) is 14.8. The van der Waals surface area contributed by atoms with Crippen LogP contribution >= 0.6 is 15.9 Å². The molecule has 0 spiro atoms. The molecule has 1 aromatic heterocycles. The van der Waals surface area contributed by atoms with Crippen LogP contribution in [0.1, 0.15) is 22.4 Å². The second kappa shape index (κ2) is 5.74. The Hall–Kier alpha value is -2.06. The van der Waals surface area contributed by atoms with Crippen molar-refractivity contribution in [2.75, 3.05) is 0 Å². The number of nitrogens with one attached hydrogen (secondary N) is 1. The molecule has 2 heteroatoms. The normalized spacial score (nSPS) is 11.3. The monoisotopic (exact) mass is 337 g/mol. The number of benzene rings is 2. The number of aromatic amines is 1. The molecule has 1 N–H and O–H groups in total. The van der Waals surface area contributed by atoms with Gasteiger partial charge in [-0.2, -0.15) is 0 Å². The van der Waals surface area contributed by atoms with Gasteiger partial charge in [-0.15, -0.1) is 0 Å². The smallest absolute Gasteiger partial charge is 0.0476 e. The second-order valence-electron chi connectivity index (χ2n) is 5.09. The third-order valence-electron chi connectivity index (χ3n) is 3.56. The molecule has 2 aromatic carbocycles. The maximum atomic E-state index is 3.94. The number of aromatic nitrogens is 1. The summed E-state index contributed by atoms with van der Waals surface area (Å²) >= 11 is 3.51. The van der Waals surface area contributed by atoms with Crippen molar-refractivity contribution in [3.8, 4) is 0 Å². The Balaban J connectivity index is 2.03. The molecule has 0 radical (unpaired) electrons. The summed E-state index contributed by atoms with van der Waals surface area (Å²) in [7, 11) is 0. The molecule has 0 saturated heterocycles. The Morgan fingerprint density at radius 2 is 1.81 bits per heavy atom. The van der Waals surface area contributed by atoms with E-state index in [1.807, 2.05) is 6.08 Å². The summed E-state index contributed by atoms with van der Waals surface area (Å²) in [5.41, 5.74) is 5.80. The first kappa shape index (κ1) is 13.9. The largest absolute Gasteiger partial charge is 0.354 e. The van der Waals surface area contributed by atoms with Crippen molar-refractivity contribution < 1.29 is 0 Å². The van der Waals surface area contributed by atoms with E-state index in [-0.39, 0.29) is 0 Å². The van der Waals surface area contributed by atoms with Gasteiger partial charge >= 0.3 is 0 Å². The first-order valence-corrected chi connectivity index (χ1v) is 7.65. The quantitative estimate of drug-likeness (QED) is 0.598. The van der Waals surface area contributed by atoms with E-state index in [1.54, 1.807) is 0 Å². The Morgan fingerprint density at radius 1 is 1.05 bits per heavy atom. The van der Waals surface area contributed by atoms with Crippen molar-refractivity contribution in [2.24, 2.45) is 0 Å². The molecular weight excluding hydrogens is 322 g/mol. The molecule has 0 saturated carbocycles. The Kier molecular flexibility index (Phi) is 3.80. The van der Waals surface area contributed by atoms with Gasteiger partial charge < -0.3 is 4.98 Å². The fourth-order valence-corrected chi connectivity index (χ4v) is 2.78. The molecule has 0 aliphatic carbocycles. The molecule has 3 aromatic rings. The molecule has 104 valence electrons. The van der Waals surface area contributed by atoms with Crippen LogP contribution in [0.5, 0.6) is 0 Å². The fourth-order valence-electron chi connectivity index (χ4n) is 2.42. The Bertz CT molecular complexity index is 823. The number of hydrogen-bond acceptors (Lipinski definition) is 0. The van der Waals surface area contributed by atoms with Crippen LogP contribution in [0.3, 0.4) is 0 Å². The highest BCUT2D eigenvalue weighted by molar-refractivity contribution is 9.10. The van der Waals surface area contributed by atoms with Crippen LogP contribution in [0.2, 0.25) is 0 Å². The van der Waals surface area contributed by atoms with Crippen molar-refractivity contribution in [3.63, 3.8) is 0 Å². The van der Waals surface area contributed by atoms with Gasteiger partial charge in [0.15, 0.2) is 0 Å². The highest BCUT2D eigenvalue weighted by Gasteiger charge is 2.06. The van der Waals surface area contributed by atoms with Crippen LogP contribution in [0.4, 0.5) is 0 Å². The first-order chi connectivity index (χ1) is 10.2. The lowest BCUT2D eigenvalue weighted by atomic mass is 10.1. The predicted octanol–water partition coefficient (Wildman–Crippen LogP) is 6.05. The van der Waals surface area contributed by atoms with Crippen LogP contribution in [0, 0.1) is 6.92 Å². The van der Waals surface area contributed by atoms with Gasteiger partial charge in [0.25, 0.3) is 0 Å². The highest BCUT2D eigenvalue weighted by Crippen LogP contribution is 2.27. The average molecular weight is 338 g/mol. The van der Waals surface area contributed by atoms with E-state index in [9.17, 15) is 0 Å². The summed E-state index contributed by atoms with van der Waals surface area (Å²) in [6.45, 7) is 6.03. The van der Waals surface area contributed by atoms with Crippen molar-refractivity contribution in [3.05, 3.63) is 75.9 Å². The Morgan fingerprint density at radius 3 is 2.52 bits per heavy atom. The third kappa shape index (κ3) is 2.86. The van der Waals surface area contributed by atoms with Gasteiger partial charge in [0, 0.05) is 26.6 Å². The van der Waals surface area contributed by atoms with Gasteiger partial charge in [0.1, 0.15) is 0 Å². The van der Waals surface area contributed by atoms with Gasteiger partial charge in [-0.05, 0) is 30.7 Å². The number of halogens is 1. The molecular formula is C19H16BrN. The molecule has 0 aliphatic rings. The van der Waals surface area contributed by atoms with E-state index in [4.69, 9.17) is 0 Å². The van der Waals surface area contributed by atoms with Gasteiger partial charge in [-0.25, -0.2) is 0 Å². The molecule has 0 fully saturated rings. The van der Waals surface area contributed by atoms with Crippen LogP contribution in [0.25, 0.3) is 29.1 Å². The molecule has 0 aliphatic heterocycles. The number of aryl methyl sites for hydroxylation is 1. The maximum absolute atomic E-state index is 3.94. The van der Waals surface area contributed by atoms with Gasteiger partial charge in [-0.3, -0.25) is 0 Å². The van der Waals surface area contributed by atoms with Gasteiger partial charge in [0.2, 0.25) is 0 Å². The van der Waals surface area contributed by atoms with Crippen molar-refractivity contribution >= 4 is 45.1 Å². The minimum Gasteiger partial charge on any atom is -0.354 e. The average Bonchev–Trinajstić information content (AvgIpc) is 2.83. The standard InChI is InChI=1S/C19H16BrN/c1-3-16-17-10-9-15(20)12-19(17)21-18(16)11-8-14-6-4-13(2)5-7-14/h3-12,21H,1H2,2H3/b11-8+. The minimum atomic E-state index is 1.07.